The number of pyridine rings is 1. The number of nitrogens with one attached hydrogen (secondary N) is 1. The molecule has 2 fully saturated rings. The maximum atomic E-state index is 11.9. The molecule has 8 nitrogen and oxygen atoms in total. The van der Waals surface area contributed by atoms with Gasteiger partial charge < -0.3 is 24.3 Å². The monoisotopic (exact) mass is 539 g/mol. The van der Waals surface area contributed by atoms with Crippen molar-refractivity contribution in [3.05, 3.63) is 65.7 Å². The van der Waals surface area contributed by atoms with Crippen LogP contribution >= 0.6 is 11.6 Å². The standard InChI is InChI=1S/C27H26ClN3O5S/c1-37(2,33)31-18-9-7-16(8-10-18)15-3-5-17(6-4-15)25-19(28)11-20-21(30-25)12-24(29-20)36-23-14-35-26-22(32)13-34-27(23)26/h3-12,22-23,26-27,29,32H,13-14H2,1-2H3/t22-,23-,26-,27-/m1/s1. The molecule has 0 bridgehead atoms. The predicted octanol–water partition coefficient (Wildman–Crippen LogP) is 4.82. The van der Waals surface area contributed by atoms with Gasteiger partial charge in [0.1, 0.15) is 18.3 Å². The molecule has 2 N–H and O–H groups in total. The van der Waals surface area contributed by atoms with E-state index in [9.17, 15) is 9.32 Å². The molecule has 0 aliphatic carbocycles. The highest BCUT2D eigenvalue weighted by atomic mass is 35.5. The van der Waals surface area contributed by atoms with Crippen molar-refractivity contribution in [3.8, 4) is 28.3 Å². The molecule has 4 aromatic rings. The summed E-state index contributed by atoms with van der Waals surface area (Å²) in [6, 6.07) is 19.3. The first-order chi connectivity index (χ1) is 17.7. The van der Waals surface area contributed by atoms with E-state index in [-0.39, 0.29) is 24.9 Å². The summed E-state index contributed by atoms with van der Waals surface area (Å²) < 4.78 is 33.5. The van der Waals surface area contributed by atoms with Crippen LogP contribution in [0.5, 0.6) is 5.88 Å². The van der Waals surface area contributed by atoms with E-state index in [0.717, 1.165) is 27.7 Å². The molecule has 4 heterocycles. The number of nitrogens with zero attached hydrogens (tertiary/aromatic N) is 2. The number of ether oxygens (including phenoxy) is 3. The SMILES string of the molecule is CS(C)(=O)=Nc1ccc(-c2ccc(-c3nc4cc(O[C@@H]5CO[C@H]6[C@@H]5OC[C@H]6O)[nH]c4cc3Cl)cc2)cc1. The third-order valence-corrected chi connectivity index (χ3v) is 7.41. The average Bonchev–Trinajstić information content (AvgIpc) is 3.55. The first-order valence-electron chi connectivity index (χ1n) is 11.9. The number of aliphatic hydroxyl groups is 1. The van der Waals surface area contributed by atoms with Gasteiger partial charge in [0.05, 0.1) is 40.7 Å². The molecule has 2 aromatic heterocycles. The summed E-state index contributed by atoms with van der Waals surface area (Å²) >= 11 is 6.61. The number of rotatable bonds is 5. The molecule has 0 spiro atoms. The third kappa shape index (κ3) is 4.97. The first-order valence-corrected chi connectivity index (χ1v) is 14.6. The minimum absolute atomic E-state index is 0.253. The molecule has 0 radical (unpaired) electrons. The molecule has 37 heavy (non-hydrogen) atoms. The van der Waals surface area contributed by atoms with Gasteiger partial charge in [0, 0.05) is 33.9 Å². The number of hydrogen-bond acceptors (Lipinski definition) is 7. The zero-order valence-corrected chi connectivity index (χ0v) is 21.8. The summed E-state index contributed by atoms with van der Waals surface area (Å²) in [5.74, 6) is 0.544. The van der Waals surface area contributed by atoms with Crippen LogP contribution in [0.4, 0.5) is 5.69 Å². The third-order valence-electron chi connectivity index (χ3n) is 6.48. The molecule has 0 unspecified atom stereocenters. The van der Waals surface area contributed by atoms with Crippen molar-refractivity contribution >= 4 is 38.1 Å². The second-order valence-electron chi connectivity index (χ2n) is 9.60. The van der Waals surface area contributed by atoms with E-state index in [1.165, 1.54) is 0 Å². The molecular formula is C27H26ClN3O5S. The number of aromatic amines is 1. The van der Waals surface area contributed by atoms with Crippen LogP contribution in [0.2, 0.25) is 5.02 Å². The quantitative estimate of drug-likeness (QED) is 0.377. The zero-order chi connectivity index (χ0) is 25.7. The Bertz CT molecular complexity index is 1570. The van der Waals surface area contributed by atoms with Crippen molar-refractivity contribution in [3.63, 3.8) is 0 Å². The molecule has 2 aliphatic rings. The lowest BCUT2D eigenvalue weighted by Crippen LogP contribution is -2.34. The van der Waals surface area contributed by atoms with Gasteiger partial charge in [-0.25, -0.2) is 9.19 Å². The van der Waals surface area contributed by atoms with Crippen molar-refractivity contribution < 1.29 is 23.5 Å². The highest BCUT2D eigenvalue weighted by Gasteiger charge is 2.48. The molecule has 6 rings (SSSR count). The highest BCUT2D eigenvalue weighted by molar-refractivity contribution is 7.92. The normalized spacial score (nSPS) is 23.4. The lowest BCUT2D eigenvalue weighted by molar-refractivity contribution is 0.00794. The molecule has 0 saturated carbocycles. The number of aromatic nitrogens is 2. The number of halogens is 1. The van der Waals surface area contributed by atoms with E-state index in [0.29, 0.717) is 28.9 Å². The van der Waals surface area contributed by atoms with Gasteiger partial charge in [0.15, 0.2) is 12.0 Å². The molecule has 4 atom stereocenters. The van der Waals surface area contributed by atoms with Crippen LogP contribution in [0.1, 0.15) is 0 Å². The van der Waals surface area contributed by atoms with E-state index in [1.54, 1.807) is 12.5 Å². The first kappa shape index (κ1) is 24.4. The molecule has 192 valence electrons. The Morgan fingerprint density at radius 2 is 1.65 bits per heavy atom. The van der Waals surface area contributed by atoms with Crippen LogP contribution in [0.25, 0.3) is 33.4 Å². The summed E-state index contributed by atoms with van der Waals surface area (Å²) in [5.41, 5.74) is 5.82. The Morgan fingerprint density at radius 3 is 2.35 bits per heavy atom. The van der Waals surface area contributed by atoms with Crippen LogP contribution < -0.4 is 4.74 Å². The van der Waals surface area contributed by atoms with Crippen LogP contribution in [0.3, 0.4) is 0 Å². The number of benzene rings is 2. The second kappa shape index (κ2) is 9.41. The summed E-state index contributed by atoms with van der Waals surface area (Å²) in [4.78, 5) is 8.00. The Labute approximate surface area is 219 Å². The summed E-state index contributed by atoms with van der Waals surface area (Å²) in [6.45, 7) is 0.603. The van der Waals surface area contributed by atoms with Gasteiger partial charge >= 0.3 is 0 Å². The van der Waals surface area contributed by atoms with Gasteiger partial charge in [0.25, 0.3) is 0 Å². The molecular weight excluding hydrogens is 514 g/mol. The van der Waals surface area contributed by atoms with Crippen LogP contribution in [-0.2, 0) is 19.2 Å². The fraction of sp³-hybridized carbons (Fsp3) is 0.296. The average molecular weight is 540 g/mol. The fourth-order valence-corrected chi connectivity index (χ4v) is 5.66. The minimum atomic E-state index is -2.20. The number of fused-ring (bicyclic) bond motifs is 2. The van der Waals surface area contributed by atoms with E-state index in [2.05, 4.69) is 9.35 Å². The van der Waals surface area contributed by atoms with Crippen LogP contribution in [-0.4, -0.2) is 69.4 Å². The Balaban J connectivity index is 1.22. The van der Waals surface area contributed by atoms with Gasteiger partial charge in [-0.05, 0) is 29.3 Å². The van der Waals surface area contributed by atoms with E-state index in [1.807, 2.05) is 60.7 Å². The molecule has 0 amide bonds. The molecule has 2 aromatic carbocycles. The van der Waals surface area contributed by atoms with Crippen molar-refractivity contribution in [2.45, 2.75) is 24.4 Å². The van der Waals surface area contributed by atoms with Gasteiger partial charge in [-0.1, -0.05) is 48.0 Å². The Hall–Kier alpha value is -2.95. The van der Waals surface area contributed by atoms with E-state index in [4.69, 9.17) is 30.8 Å². The van der Waals surface area contributed by atoms with Gasteiger partial charge in [-0.15, -0.1) is 0 Å². The van der Waals surface area contributed by atoms with Crippen molar-refractivity contribution in [1.29, 1.82) is 0 Å². The largest absolute Gasteiger partial charge is 0.470 e. The van der Waals surface area contributed by atoms with E-state index < -0.39 is 15.8 Å². The van der Waals surface area contributed by atoms with Gasteiger partial charge in [-0.3, -0.25) is 0 Å². The second-order valence-corrected chi connectivity index (χ2v) is 12.6. The summed E-state index contributed by atoms with van der Waals surface area (Å²) in [5, 5.41) is 10.5. The topological polar surface area (TPSA) is 106 Å². The highest BCUT2D eigenvalue weighted by Crippen LogP contribution is 2.34. The van der Waals surface area contributed by atoms with Crippen molar-refractivity contribution in [2.75, 3.05) is 25.7 Å². The summed E-state index contributed by atoms with van der Waals surface area (Å²) in [6.07, 6.45) is 1.66. The van der Waals surface area contributed by atoms with E-state index >= 15 is 0 Å². The molecule has 2 aliphatic heterocycles. The molecule has 10 heteroatoms. The summed E-state index contributed by atoms with van der Waals surface area (Å²) in [7, 11) is -2.20. The number of H-pyrrole nitrogens is 1. The Morgan fingerprint density at radius 1 is 1.00 bits per heavy atom. The lowest BCUT2D eigenvalue weighted by atomic mass is 10.0. The van der Waals surface area contributed by atoms with Gasteiger partial charge in [-0.2, -0.15) is 4.36 Å². The number of hydrogen-bond donors (Lipinski definition) is 2. The van der Waals surface area contributed by atoms with Crippen molar-refractivity contribution in [1.82, 2.24) is 9.97 Å². The minimum Gasteiger partial charge on any atom is -0.470 e. The lowest BCUT2D eigenvalue weighted by Gasteiger charge is -2.16. The van der Waals surface area contributed by atoms with Gasteiger partial charge in [0.2, 0.25) is 0 Å². The predicted molar refractivity (Wildman–Crippen MR) is 144 cm³/mol. The Kier molecular flexibility index (Phi) is 6.21. The van der Waals surface area contributed by atoms with Crippen LogP contribution in [0, 0.1) is 0 Å². The molecule has 2 saturated heterocycles. The maximum Gasteiger partial charge on any atom is 0.193 e. The smallest absolute Gasteiger partial charge is 0.193 e. The maximum absolute atomic E-state index is 11.9. The zero-order valence-electron chi connectivity index (χ0n) is 20.3. The number of aliphatic hydroxyl groups excluding tert-OH is 1. The van der Waals surface area contributed by atoms with Crippen molar-refractivity contribution in [2.24, 2.45) is 4.36 Å². The fourth-order valence-electron chi connectivity index (χ4n) is 4.77. The van der Waals surface area contributed by atoms with Crippen LogP contribution in [0.15, 0.2) is 65.0 Å².